The summed E-state index contributed by atoms with van der Waals surface area (Å²) >= 11 is 0. The van der Waals surface area contributed by atoms with E-state index < -0.39 is 17.6 Å². The summed E-state index contributed by atoms with van der Waals surface area (Å²) in [4.78, 5) is 38.0. The molecule has 0 radical (unpaired) electrons. The van der Waals surface area contributed by atoms with Crippen LogP contribution in [-0.4, -0.2) is 53.2 Å². The first-order valence-corrected chi connectivity index (χ1v) is 11.9. The van der Waals surface area contributed by atoms with E-state index in [-0.39, 0.29) is 30.8 Å². The lowest BCUT2D eigenvalue weighted by Gasteiger charge is -2.31. The summed E-state index contributed by atoms with van der Waals surface area (Å²) in [5.74, 6) is -1.03. The highest BCUT2D eigenvalue weighted by Gasteiger charge is 2.45. The number of carbonyl (C=O) groups excluding carboxylic acids is 2. The van der Waals surface area contributed by atoms with Crippen LogP contribution in [0.15, 0.2) is 48.5 Å². The quantitative estimate of drug-likeness (QED) is 0.603. The third-order valence-electron chi connectivity index (χ3n) is 7.19. The molecule has 2 aromatic rings. The number of hydrogen-bond acceptors (Lipinski definition) is 4. The van der Waals surface area contributed by atoms with Crippen LogP contribution in [0, 0.1) is 5.92 Å². The number of carbonyl (C=O) groups is 3. The maximum Gasteiger partial charge on any atom is 0.407 e. The number of amides is 2. The normalized spacial score (nSPS) is 19.9. The van der Waals surface area contributed by atoms with E-state index >= 15 is 0 Å². The van der Waals surface area contributed by atoms with Gasteiger partial charge in [-0.15, -0.1) is 0 Å². The molecule has 2 aliphatic rings. The van der Waals surface area contributed by atoms with Crippen LogP contribution in [0.2, 0.25) is 0 Å². The molecule has 2 amide bonds. The number of carboxylic acids is 1. The van der Waals surface area contributed by atoms with Crippen molar-refractivity contribution in [3.05, 3.63) is 59.7 Å². The number of rotatable bonds is 8. The molecular weight excluding hydrogens is 432 g/mol. The van der Waals surface area contributed by atoms with Gasteiger partial charge in [0.1, 0.15) is 12.1 Å². The molecule has 180 valence electrons. The van der Waals surface area contributed by atoms with E-state index in [2.05, 4.69) is 29.6 Å². The molecule has 1 unspecified atom stereocenters. The van der Waals surface area contributed by atoms with Crippen LogP contribution in [0.3, 0.4) is 0 Å². The summed E-state index contributed by atoms with van der Waals surface area (Å²) in [6, 6.07) is 16.4. The second-order valence-electron chi connectivity index (χ2n) is 9.58. The molecule has 2 atom stereocenters. The number of ether oxygens (including phenoxy) is 1. The topological polar surface area (TPSA) is 95.9 Å². The fourth-order valence-corrected chi connectivity index (χ4v) is 5.10. The first kappa shape index (κ1) is 23.8. The number of hydrogen-bond donors (Lipinski definition) is 2. The highest BCUT2D eigenvalue weighted by Crippen LogP contribution is 2.44. The second-order valence-corrected chi connectivity index (χ2v) is 9.58. The minimum absolute atomic E-state index is 0.0113. The van der Waals surface area contributed by atoms with Crippen LogP contribution in [0.1, 0.15) is 56.6 Å². The van der Waals surface area contributed by atoms with Crippen molar-refractivity contribution in [1.29, 1.82) is 0 Å². The molecule has 0 bridgehead atoms. The van der Waals surface area contributed by atoms with Crippen LogP contribution < -0.4 is 5.32 Å². The monoisotopic (exact) mass is 464 g/mol. The van der Waals surface area contributed by atoms with Crippen molar-refractivity contribution in [1.82, 2.24) is 10.2 Å². The Kier molecular flexibility index (Phi) is 6.91. The van der Waals surface area contributed by atoms with Crippen LogP contribution >= 0.6 is 0 Å². The van der Waals surface area contributed by atoms with E-state index in [1.807, 2.05) is 31.2 Å². The van der Waals surface area contributed by atoms with Gasteiger partial charge in [0.15, 0.2) is 0 Å². The molecule has 7 heteroatoms. The number of nitrogens with zero attached hydrogens (tertiary/aromatic N) is 1. The molecule has 34 heavy (non-hydrogen) atoms. The largest absolute Gasteiger partial charge is 0.480 e. The molecule has 2 aromatic carbocycles. The third kappa shape index (κ3) is 4.65. The maximum atomic E-state index is 12.6. The molecule has 1 aliphatic heterocycles. The van der Waals surface area contributed by atoms with E-state index in [0.29, 0.717) is 32.4 Å². The number of benzene rings is 2. The zero-order chi connectivity index (χ0) is 24.3. The van der Waals surface area contributed by atoms with Crippen molar-refractivity contribution in [2.24, 2.45) is 5.92 Å². The summed E-state index contributed by atoms with van der Waals surface area (Å²) in [6.07, 6.45) is 1.53. The Morgan fingerprint density at radius 2 is 1.74 bits per heavy atom. The van der Waals surface area contributed by atoms with Gasteiger partial charge in [0.05, 0.1) is 0 Å². The number of fused-ring (bicyclic) bond motifs is 3. The van der Waals surface area contributed by atoms with Gasteiger partial charge in [0.2, 0.25) is 5.91 Å². The van der Waals surface area contributed by atoms with Crippen molar-refractivity contribution < 1.29 is 24.2 Å². The minimum atomic E-state index is -1.11. The van der Waals surface area contributed by atoms with Gasteiger partial charge in [-0.1, -0.05) is 55.5 Å². The van der Waals surface area contributed by atoms with E-state index in [0.717, 1.165) is 0 Å². The Morgan fingerprint density at radius 3 is 2.35 bits per heavy atom. The van der Waals surface area contributed by atoms with Gasteiger partial charge < -0.3 is 20.1 Å². The SMILES string of the molecule is CC(CCC(=O)N1CCC[C@@]1(C)C(=O)O)CNC(=O)OCC1c2ccccc2-c2ccccc21. The Hall–Kier alpha value is -3.35. The van der Waals surface area contributed by atoms with E-state index in [1.54, 1.807) is 6.92 Å². The zero-order valence-corrected chi connectivity index (χ0v) is 19.8. The van der Waals surface area contributed by atoms with E-state index in [4.69, 9.17) is 4.74 Å². The third-order valence-corrected chi connectivity index (χ3v) is 7.19. The predicted molar refractivity (Wildman–Crippen MR) is 128 cm³/mol. The summed E-state index contributed by atoms with van der Waals surface area (Å²) in [5, 5.41) is 12.3. The lowest BCUT2D eigenvalue weighted by Crippen LogP contribution is -2.50. The molecular formula is C27H32N2O5. The van der Waals surface area contributed by atoms with Crippen molar-refractivity contribution in [2.45, 2.75) is 51.0 Å². The highest BCUT2D eigenvalue weighted by molar-refractivity contribution is 5.87. The summed E-state index contributed by atoms with van der Waals surface area (Å²) in [6.45, 7) is 4.70. The Bertz CT molecular complexity index is 1040. The average molecular weight is 465 g/mol. The van der Waals surface area contributed by atoms with Gasteiger partial charge in [0.25, 0.3) is 0 Å². The molecule has 0 aromatic heterocycles. The first-order valence-electron chi connectivity index (χ1n) is 11.9. The van der Waals surface area contributed by atoms with Gasteiger partial charge in [-0.3, -0.25) is 4.79 Å². The molecule has 2 N–H and O–H groups in total. The molecule has 1 aliphatic carbocycles. The van der Waals surface area contributed by atoms with Gasteiger partial charge in [-0.05, 0) is 54.4 Å². The molecule has 1 saturated heterocycles. The summed E-state index contributed by atoms with van der Waals surface area (Å²) in [7, 11) is 0. The van der Waals surface area contributed by atoms with Gasteiger partial charge in [0, 0.05) is 25.4 Å². The molecule has 0 spiro atoms. The number of carboxylic acid groups (broad SMARTS) is 1. The van der Waals surface area contributed by atoms with Crippen molar-refractivity contribution in [2.75, 3.05) is 19.7 Å². The van der Waals surface area contributed by atoms with Gasteiger partial charge >= 0.3 is 12.1 Å². The van der Waals surface area contributed by atoms with E-state index in [9.17, 15) is 19.5 Å². The standard InChI is InChI=1S/C27H32N2O5/c1-18(12-13-24(30)29-15-7-14-27(29,2)25(31)32)16-28-26(33)34-17-23-21-10-5-3-8-19(21)20-9-4-6-11-22(20)23/h3-6,8-11,18,23H,7,12-17H2,1-2H3,(H,28,33)(H,31,32)/t18?,27-/m0/s1. The lowest BCUT2D eigenvalue weighted by atomic mass is 9.98. The van der Waals surface area contributed by atoms with Gasteiger partial charge in [-0.25, -0.2) is 9.59 Å². The van der Waals surface area contributed by atoms with Crippen LogP contribution in [0.5, 0.6) is 0 Å². The van der Waals surface area contributed by atoms with Crippen LogP contribution in [0.25, 0.3) is 11.1 Å². The van der Waals surface area contributed by atoms with Crippen molar-refractivity contribution in [3.63, 3.8) is 0 Å². The number of nitrogens with one attached hydrogen (secondary N) is 1. The average Bonchev–Trinajstić information content (AvgIpc) is 3.39. The maximum absolute atomic E-state index is 12.6. The minimum Gasteiger partial charge on any atom is -0.480 e. The fourth-order valence-electron chi connectivity index (χ4n) is 5.10. The van der Waals surface area contributed by atoms with Crippen molar-refractivity contribution >= 4 is 18.0 Å². The summed E-state index contributed by atoms with van der Waals surface area (Å²) < 4.78 is 5.56. The first-order chi connectivity index (χ1) is 16.3. The number of aliphatic carboxylic acids is 1. The number of likely N-dealkylation sites (tertiary alicyclic amines) is 1. The van der Waals surface area contributed by atoms with E-state index in [1.165, 1.54) is 27.2 Å². The van der Waals surface area contributed by atoms with Crippen molar-refractivity contribution in [3.8, 4) is 11.1 Å². The smallest absolute Gasteiger partial charge is 0.407 e. The summed E-state index contributed by atoms with van der Waals surface area (Å²) in [5.41, 5.74) is 3.59. The molecule has 4 rings (SSSR count). The lowest BCUT2D eigenvalue weighted by molar-refractivity contribution is -0.155. The van der Waals surface area contributed by atoms with Crippen LogP contribution in [-0.2, 0) is 14.3 Å². The molecule has 0 saturated carbocycles. The zero-order valence-electron chi connectivity index (χ0n) is 19.8. The van der Waals surface area contributed by atoms with Gasteiger partial charge in [-0.2, -0.15) is 0 Å². The molecule has 7 nitrogen and oxygen atoms in total. The predicted octanol–water partition coefficient (Wildman–Crippen LogP) is 4.41. The fraction of sp³-hybridized carbons (Fsp3) is 0.444. The molecule has 1 fully saturated rings. The Labute approximate surface area is 200 Å². The Morgan fingerprint density at radius 1 is 1.12 bits per heavy atom. The molecule has 1 heterocycles. The van der Waals surface area contributed by atoms with Crippen LogP contribution in [0.4, 0.5) is 4.79 Å². The second kappa shape index (κ2) is 9.87. The number of alkyl carbamates (subject to hydrolysis) is 1. The highest BCUT2D eigenvalue weighted by atomic mass is 16.5. The Balaban J connectivity index is 1.23.